The van der Waals surface area contributed by atoms with Crippen molar-refractivity contribution >= 4 is 34.6 Å². The first kappa shape index (κ1) is 45.5. The first-order chi connectivity index (χ1) is 32.7. The van der Waals surface area contributed by atoms with Gasteiger partial charge in [0.25, 0.3) is 0 Å². The first-order valence-electron chi connectivity index (χ1n) is 24.1. The van der Waals surface area contributed by atoms with Crippen LogP contribution in [0.5, 0.6) is 0 Å². The van der Waals surface area contributed by atoms with Gasteiger partial charge < -0.3 is 14.7 Å². The van der Waals surface area contributed by atoms with Crippen molar-refractivity contribution in [3.63, 3.8) is 0 Å². The minimum absolute atomic E-state index is 0.265. The van der Waals surface area contributed by atoms with Crippen LogP contribution in [0.15, 0.2) is 179 Å². The SMILES string of the molecule is CC1(C)N=C(c2ccc(-c3nc(-c4ccc(C5=NC(C)(C)C(C)(C)N5c5ccccc5)cc4)nc(-c4ccc(C5=NC(C)(C)C(C)(C)N5c5ccccc5)cc4)n3)cc2)N(c2ccccc2)C1(C)C. The Morgan fingerprint density at radius 2 is 0.464 bits per heavy atom. The Bertz CT molecular complexity index is 2780. The molecule has 3 aliphatic heterocycles. The lowest BCUT2D eigenvalue weighted by Gasteiger charge is -2.41. The van der Waals surface area contributed by atoms with Gasteiger partial charge in [0.05, 0.1) is 33.2 Å². The normalized spacial score (nSPS) is 19.3. The van der Waals surface area contributed by atoms with Gasteiger partial charge >= 0.3 is 0 Å². The summed E-state index contributed by atoms with van der Waals surface area (Å²) in [5.74, 6) is 4.57. The van der Waals surface area contributed by atoms with Crippen molar-refractivity contribution in [2.75, 3.05) is 14.7 Å². The molecule has 0 bridgehead atoms. The van der Waals surface area contributed by atoms with Crippen LogP contribution >= 0.6 is 0 Å². The maximum absolute atomic E-state index is 5.34. The molecule has 348 valence electrons. The van der Waals surface area contributed by atoms with Crippen molar-refractivity contribution in [2.24, 2.45) is 15.0 Å². The molecule has 0 saturated heterocycles. The summed E-state index contributed by atoms with van der Waals surface area (Å²) in [6.07, 6.45) is 0. The molecule has 7 aromatic rings. The fourth-order valence-corrected chi connectivity index (χ4v) is 9.69. The summed E-state index contributed by atoms with van der Waals surface area (Å²) in [5.41, 5.74) is 7.28. The predicted octanol–water partition coefficient (Wildman–Crippen LogP) is 13.3. The first-order valence-corrected chi connectivity index (χ1v) is 24.1. The molecule has 0 N–H and O–H groups in total. The van der Waals surface area contributed by atoms with E-state index in [0.717, 1.165) is 67.9 Å². The third-order valence-corrected chi connectivity index (χ3v) is 15.8. The Labute approximate surface area is 408 Å². The highest BCUT2D eigenvalue weighted by molar-refractivity contribution is 6.14. The molecule has 3 aliphatic rings. The second kappa shape index (κ2) is 16.2. The lowest BCUT2D eigenvalue weighted by molar-refractivity contribution is 0.338. The maximum atomic E-state index is 5.34. The van der Waals surface area contributed by atoms with Crippen molar-refractivity contribution < 1.29 is 0 Å². The highest BCUT2D eigenvalue weighted by Crippen LogP contribution is 2.45. The zero-order valence-corrected chi connectivity index (χ0v) is 42.1. The number of amidine groups is 3. The van der Waals surface area contributed by atoms with Crippen LogP contribution in [-0.2, 0) is 0 Å². The molecular formula is C60H63N9. The average molecular weight is 910 g/mol. The quantitative estimate of drug-likeness (QED) is 0.143. The summed E-state index contributed by atoms with van der Waals surface area (Å²) < 4.78 is 0. The molecule has 9 nitrogen and oxygen atoms in total. The van der Waals surface area contributed by atoms with Gasteiger partial charge in [-0.25, -0.2) is 15.0 Å². The summed E-state index contributed by atoms with van der Waals surface area (Å²) in [6, 6.07) is 57.1. The number of hydrogen-bond donors (Lipinski definition) is 0. The van der Waals surface area contributed by atoms with Crippen molar-refractivity contribution in [1.82, 2.24) is 15.0 Å². The van der Waals surface area contributed by atoms with Crippen LogP contribution in [0.3, 0.4) is 0 Å². The molecule has 0 saturated carbocycles. The maximum Gasteiger partial charge on any atom is 0.164 e. The average Bonchev–Trinajstić information content (AvgIpc) is 3.76. The third-order valence-electron chi connectivity index (χ3n) is 15.8. The van der Waals surface area contributed by atoms with E-state index < -0.39 is 0 Å². The number of benzene rings is 6. The Hall–Kier alpha value is -7.26. The molecular weight excluding hydrogens is 847 g/mol. The molecule has 0 fully saturated rings. The van der Waals surface area contributed by atoms with Gasteiger partial charge in [-0.2, -0.15) is 0 Å². The van der Waals surface area contributed by atoms with Crippen LogP contribution < -0.4 is 14.7 Å². The number of nitrogens with zero attached hydrogens (tertiary/aromatic N) is 9. The Balaban J connectivity index is 1.05. The van der Waals surface area contributed by atoms with E-state index in [0.29, 0.717) is 17.5 Å². The Kier molecular flexibility index (Phi) is 10.7. The highest BCUT2D eigenvalue weighted by Gasteiger charge is 2.52. The molecule has 0 amide bonds. The molecule has 10 rings (SSSR count). The second-order valence-electron chi connectivity index (χ2n) is 21.7. The van der Waals surface area contributed by atoms with Crippen LogP contribution in [0.2, 0.25) is 0 Å². The summed E-state index contributed by atoms with van der Waals surface area (Å²) in [4.78, 5) is 38.7. The Morgan fingerprint density at radius 1 is 0.261 bits per heavy atom. The number of para-hydroxylation sites is 3. The topological polar surface area (TPSA) is 85.5 Å². The van der Waals surface area contributed by atoms with Gasteiger partial charge in [-0.05, 0) is 119 Å². The van der Waals surface area contributed by atoms with E-state index in [2.05, 4.69) is 262 Å². The molecule has 9 heteroatoms. The van der Waals surface area contributed by atoms with Crippen LogP contribution in [0.1, 0.15) is 99.8 Å². The minimum Gasteiger partial charge on any atom is -0.318 e. The van der Waals surface area contributed by atoms with Crippen LogP contribution in [0, 0.1) is 0 Å². The largest absolute Gasteiger partial charge is 0.318 e. The smallest absolute Gasteiger partial charge is 0.164 e. The monoisotopic (exact) mass is 910 g/mol. The van der Waals surface area contributed by atoms with Crippen molar-refractivity contribution in [2.45, 2.75) is 116 Å². The zero-order valence-electron chi connectivity index (χ0n) is 42.1. The fraction of sp³-hybridized carbons (Fsp3) is 0.300. The highest BCUT2D eigenvalue weighted by atomic mass is 15.4. The molecule has 0 spiro atoms. The fourth-order valence-electron chi connectivity index (χ4n) is 9.69. The second-order valence-corrected chi connectivity index (χ2v) is 21.7. The molecule has 69 heavy (non-hydrogen) atoms. The number of anilines is 3. The number of hydrogen-bond acceptors (Lipinski definition) is 9. The van der Waals surface area contributed by atoms with Gasteiger partial charge in [0.1, 0.15) is 17.5 Å². The predicted molar refractivity (Wildman–Crippen MR) is 287 cm³/mol. The molecule has 1 aromatic heterocycles. The molecule has 4 heterocycles. The summed E-state index contributed by atoms with van der Waals surface area (Å²) in [7, 11) is 0. The summed E-state index contributed by atoms with van der Waals surface area (Å²) in [6.45, 7) is 26.9. The van der Waals surface area contributed by atoms with E-state index in [-0.39, 0.29) is 33.2 Å². The molecule has 0 radical (unpaired) electrons. The van der Waals surface area contributed by atoms with Gasteiger partial charge in [-0.15, -0.1) is 0 Å². The zero-order chi connectivity index (χ0) is 48.7. The lowest BCUT2D eigenvalue weighted by Crippen LogP contribution is -2.53. The van der Waals surface area contributed by atoms with E-state index in [9.17, 15) is 0 Å². The van der Waals surface area contributed by atoms with E-state index in [1.807, 2.05) is 0 Å². The van der Waals surface area contributed by atoms with Crippen LogP contribution in [-0.4, -0.2) is 65.7 Å². The van der Waals surface area contributed by atoms with Gasteiger partial charge in [0, 0.05) is 50.4 Å². The van der Waals surface area contributed by atoms with E-state index in [1.54, 1.807) is 0 Å². The lowest BCUT2D eigenvalue weighted by atomic mass is 9.83. The van der Waals surface area contributed by atoms with Gasteiger partial charge in [0.15, 0.2) is 17.5 Å². The van der Waals surface area contributed by atoms with Crippen molar-refractivity contribution in [3.8, 4) is 34.2 Å². The number of aromatic nitrogens is 3. The van der Waals surface area contributed by atoms with E-state index >= 15 is 0 Å². The summed E-state index contributed by atoms with van der Waals surface area (Å²) in [5, 5.41) is 0. The van der Waals surface area contributed by atoms with Crippen molar-refractivity contribution in [3.05, 3.63) is 180 Å². The minimum atomic E-state index is -0.326. The van der Waals surface area contributed by atoms with E-state index in [1.165, 1.54) is 0 Å². The summed E-state index contributed by atoms with van der Waals surface area (Å²) >= 11 is 0. The van der Waals surface area contributed by atoms with Crippen molar-refractivity contribution in [1.29, 1.82) is 0 Å². The molecule has 0 atom stereocenters. The Morgan fingerprint density at radius 3 is 0.681 bits per heavy atom. The third kappa shape index (κ3) is 7.54. The van der Waals surface area contributed by atoms with Gasteiger partial charge in [-0.3, -0.25) is 15.0 Å². The van der Waals surface area contributed by atoms with E-state index in [4.69, 9.17) is 29.9 Å². The van der Waals surface area contributed by atoms with Crippen LogP contribution in [0.4, 0.5) is 17.1 Å². The molecule has 0 aliphatic carbocycles. The standard InChI is InChI=1S/C60H63N9/c1-55(2)58(7,8)67(46-22-16-13-17-23-46)52(64-55)43-34-28-40(29-35-43)49-61-50(41-30-36-44(37-31-41)53-65-56(3,4)59(9,10)68(53)47-24-18-14-19-25-47)63-51(62-49)42-32-38-45(39-33-42)54-66-57(5,6)60(11,12)69(54)48-26-20-15-21-27-48/h13-39H,1-12H3. The van der Waals surface area contributed by atoms with Gasteiger partial charge in [0.2, 0.25) is 0 Å². The number of rotatable bonds is 9. The number of aliphatic imine (C=N–C) groups is 3. The van der Waals surface area contributed by atoms with Gasteiger partial charge in [-0.1, -0.05) is 127 Å². The molecule has 6 aromatic carbocycles. The van der Waals surface area contributed by atoms with Crippen LogP contribution in [0.25, 0.3) is 34.2 Å². The molecule has 0 unspecified atom stereocenters.